The number of aromatic nitrogens is 2. The largest absolute Gasteiger partial charge is 0.392 e. The fourth-order valence-corrected chi connectivity index (χ4v) is 2.62. The van der Waals surface area contributed by atoms with Gasteiger partial charge in [-0.1, -0.05) is 60.2 Å². The Morgan fingerprint density at radius 3 is 2.22 bits per heavy atom. The van der Waals surface area contributed by atoms with Crippen LogP contribution in [-0.2, 0) is 13.0 Å². The molecule has 1 N–H and O–H groups in total. The van der Waals surface area contributed by atoms with Gasteiger partial charge >= 0.3 is 0 Å². The molecular weight excluding hydrogens is 284 g/mol. The molecule has 0 aliphatic rings. The predicted molar refractivity (Wildman–Crippen MR) is 92.1 cm³/mol. The molecule has 116 valence electrons. The molecule has 3 nitrogen and oxygen atoms in total. The van der Waals surface area contributed by atoms with Crippen molar-refractivity contribution >= 4 is 0 Å². The second-order valence-corrected chi connectivity index (χ2v) is 5.74. The average Bonchev–Trinajstić information content (AvgIpc) is 2.57. The van der Waals surface area contributed by atoms with Crippen LogP contribution in [0.1, 0.15) is 28.1 Å². The van der Waals surface area contributed by atoms with Crippen LogP contribution in [0.5, 0.6) is 0 Å². The summed E-state index contributed by atoms with van der Waals surface area (Å²) in [6.45, 7) is 3.96. The summed E-state index contributed by atoms with van der Waals surface area (Å²) in [6, 6.07) is 18.4. The normalized spacial score (nSPS) is 10.7. The molecule has 0 saturated heterocycles. The molecule has 0 aliphatic heterocycles. The molecule has 1 aromatic heterocycles. The van der Waals surface area contributed by atoms with E-state index in [2.05, 4.69) is 36.2 Å². The van der Waals surface area contributed by atoms with E-state index in [1.165, 1.54) is 11.1 Å². The smallest absolute Gasteiger partial charge is 0.159 e. The van der Waals surface area contributed by atoms with Gasteiger partial charge in [0.05, 0.1) is 12.3 Å². The Bertz CT molecular complexity index is 796. The predicted octanol–water partition coefficient (Wildman–Crippen LogP) is 3.84. The van der Waals surface area contributed by atoms with E-state index in [-0.39, 0.29) is 6.61 Å². The van der Waals surface area contributed by atoms with Gasteiger partial charge in [0.15, 0.2) is 5.82 Å². The monoisotopic (exact) mass is 304 g/mol. The minimum atomic E-state index is -0.0396. The Kier molecular flexibility index (Phi) is 4.49. The summed E-state index contributed by atoms with van der Waals surface area (Å²) in [5.74, 6) is 0.711. The molecule has 0 bridgehead atoms. The quantitative estimate of drug-likeness (QED) is 0.796. The van der Waals surface area contributed by atoms with Crippen LogP contribution in [-0.4, -0.2) is 15.1 Å². The molecule has 3 rings (SSSR count). The van der Waals surface area contributed by atoms with Crippen LogP contribution in [0.2, 0.25) is 0 Å². The second-order valence-electron chi connectivity index (χ2n) is 5.74. The van der Waals surface area contributed by atoms with Crippen LogP contribution in [0.4, 0.5) is 0 Å². The number of nitrogens with zero attached hydrogens (tertiary/aromatic N) is 2. The Balaban J connectivity index is 2.03. The summed E-state index contributed by atoms with van der Waals surface area (Å²) >= 11 is 0. The molecule has 0 spiro atoms. The zero-order valence-electron chi connectivity index (χ0n) is 13.5. The van der Waals surface area contributed by atoms with Gasteiger partial charge in [-0.15, -0.1) is 0 Å². The maximum atomic E-state index is 9.70. The van der Waals surface area contributed by atoms with Crippen molar-refractivity contribution < 1.29 is 5.11 Å². The van der Waals surface area contributed by atoms with Gasteiger partial charge in [0, 0.05) is 23.2 Å². The molecule has 0 atom stereocenters. The Labute approximate surface area is 136 Å². The van der Waals surface area contributed by atoms with E-state index in [1.807, 2.05) is 37.3 Å². The minimum absolute atomic E-state index is 0.0396. The van der Waals surface area contributed by atoms with Gasteiger partial charge in [-0.2, -0.15) is 0 Å². The lowest BCUT2D eigenvalue weighted by atomic mass is 10.0. The Hall–Kier alpha value is -2.52. The van der Waals surface area contributed by atoms with Gasteiger partial charge in [-0.05, 0) is 19.4 Å². The summed E-state index contributed by atoms with van der Waals surface area (Å²) < 4.78 is 0. The SMILES string of the molecule is Cc1ccc(Cc2nc(-c3ccccc3)nc(C)c2CO)cc1. The lowest BCUT2D eigenvalue weighted by molar-refractivity contribution is 0.278. The number of aliphatic hydroxyl groups is 1. The molecule has 0 aliphatic carbocycles. The average molecular weight is 304 g/mol. The van der Waals surface area contributed by atoms with E-state index in [0.29, 0.717) is 12.2 Å². The van der Waals surface area contributed by atoms with Crippen molar-refractivity contribution in [2.24, 2.45) is 0 Å². The van der Waals surface area contributed by atoms with E-state index in [9.17, 15) is 5.11 Å². The van der Waals surface area contributed by atoms with Crippen LogP contribution >= 0.6 is 0 Å². The highest BCUT2D eigenvalue weighted by atomic mass is 16.3. The van der Waals surface area contributed by atoms with Gasteiger partial charge in [0.2, 0.25) is 0 Å². The fourth-order valence-electron chi connectivity index (χ4n) is 2.62. The van der Waals surface area contributed by atoms with Crippen molar-refractivity contribution in [2.75, 3.05) is 0 Å². The number of hydrogen-bond acceptors (Lipinski definition) is 3. The number of hydrogen-bond donors (Lipinski definition) is 1. The van der Waals surface area contributed by atoms with Crippen LogP contribution in [0, 0.1) is 13.8 Å². The van der Waals surface area contributed by atoms with Gasteiger partial charge in [0.1, 0.15) is 0 Å². The highest BCUT2D eigenvalue weighted by Gasteiger charge is 2.12. The lowest BCUT2D eigenvalue weighted by Crippen LogP contribution is -2.06. The van der Waals surface area contributed by atoms with Crippen molar-refractivity contribution in [1.29, 1.82) is 0 Å². The number of benzene rings is 2. The standard InChI is InChI=1S/C20H20N2O/c1-14-8-10-16(11-9-14)12-19-18(13-23)15(2)21-20(22-19)17-6-4-3-5-7-17/h3-11,23H,12-13H2,1-2H3. The van der Waals surface area contributed by atoms with E-state index >= 15 is 0 Å². The molecule has 2 aromatic carbocycles. The number of aryl methyl sites for hydroxylation is 2. The van der Waals surface area contributed by atoms with Gasteiger partial charge in [-0.3, -0.25) is 0 Å². The molecule has 3 aromatic rings. The lowest BCUT2D eigenvalue weighted by Gasteiger charge is -2.12. The van der Waals surface area contributed by atoms with Crippen molar-refractivity contribution in [3.8, 4) is 11.4 Å². The zero-order valence-corrected chi connectivity index (χ0v) is 13.5. The third-order valence-corrected chi connectivity index (χ3v) is 3.98. The first-order valence-corrected chi connectivity index (χ1v) is 7.75. The maximum absolute atomic E-state index is 9.70. The summed E-state index contributed by atoms with van der Waals surface area (Å²) in [5, 5.41) is 9.70. The van der Waals surface area contributed by atoms with Crippen LogP contribution in [0.15, 0.2) is 54.6 Å². The molecular formula is C20H20N2O. The second kappa shape index (κ2) is 6.71. The highest BCUT2D eigenvalue weighted by molar-refractivity contribution is 5.55. The molecule has 1 heterocycles. The molecule has 0 unspecified atom stereocenters. The summed E-state index contributed by atoms with van der Waals surface area (Å²) in [4.78, 5) is 9.28. The van der Waals surface area contributed by atoms with Crippen molar-refractivity contribution in [3.63, 3.8) is 0 Å². The van der Waals surface area contributed by atoms with Crippen LogP contribution in [0.3, 0.4) is 0 Å². The van der Waals surface area contributed by atoms with Gasteiger partial charge in [-0.25, -0.2) is 9.97 Å². The third kappa shape index (κ3) is 3.46. The van der Waals surface area contributed by atoms with E-state index in [0.717, 1.165) is 22.5 Å². The summed E-state index contributed by atoms with van der Waals surface area (Å²) in [6.07, 6.45) is 0.694. The summed E-state index contributed by atoms with van der Waals surface area (Å²) in [7, 11) is 0. The first kappa shape index (κ1) is 15.4. The molecule has 0 saturated carbocycles. The summed E-state index contributed by atoms with van der Waals surface area (Å²) in [5.41, 5.74) is 5.96. The molecule has 0 fully saturated rings. The van der Waals surface area contributed by atoms with E-state index in [1.54, 1.807) is 0 Å². The minimum Gasteiger partial charge on any atom is -0.392 e. The third-order valence-electron chi connectivity index (χ3n) is 3.98. The molecule has 0 radical (unpaired) electrons. The number of aliphatic hydroxyl groups excluding tert-OH is 1. The van der Waals surface area contributed by atoms with Crippen molar-refractivity contribution in [1.82, 2.24) is 9.97 Å². The maximum Gasteiger partial charge on any atom is 0.159 e. The molecule has 0 amide bonds. The molecule has 3 heteroatoms. The Morgan fingerprint density at radius 1 is 0.870 bits per heavy atom. The van der Waals surface area contributed by atoms with Crippen LogP contribution in [0.25, 0.3) is 11.4 Å². The van der Waals surface area contributed by atoms with Gasteiger partial charge in [0.25, 0.3) is 0 Å². The first-order chi connectivity index (χ1) is 11.2. The van der Waals surface area contributed by atoms with Gasteiger partial charge < -0.3 is 5.11 Å². The first-order valence-electron chi connectivity index (χ1n) is 7.75. The van der Waals surface area contributed by atoms with Crippen molar-refractivity contribution in [2.45, 2.75) is 26.9 Å². The van der Waals surface area contributed by atoms with E-state index in [4.69, 9.17) is 4.98 Å². The zero-order chi connectivity index (χ0) is 16.2. The Morgan fingerprint density at radius 2 is 1.57 bits per heavy atom. The highest BCUT2D eigenvalue weighted by Crippen LogP contribution is 2.21. The van der Waals surface area contributed by atoms with E-state index < -0.39 is 0 Å². The van der Waals surface area contributed by atoms with Crippen LogP contribution < -0.4 is 0 Å². The molecule has 23 heavy (non-hydrogen) atoms. The number of rotatable bonds is 4. The topological polar surface area (TPSA) is 46.0 Å². The fraction of sp³-hybridized carbons (Fsp3) is 0.200. The van der Waals surface area contributed by atoms with Crippen molar-refractivity contribution in [3.05, 3.63) is 82.7 Å².